The molecule has 0 unspecified atom stereocenters. The summed E-state index contributed by atoms with van der Waals surface area (Å²) in [5.74, 6) is 0.222. The summed E-state index contributed by atoms with van der Waals surface area (Å²) >= 11 is 2.17. The van der Waals surface area contributed by atoms with Gasteiger partial charge < -0.3 is 25.2 Å². The number of nitrogens with one attached hydrogen (secondary N) is 1. The predicted molar refractivity (Wildman–Crippen MR) is 140 cm³/mol. The van der Waals surface area contributed by atoms with Crippen molar-refractivity contribution in [1.29, 1.82) is 0 Å². The van der Waals surface area contributed by atoms with Gasteiger partial charge in [-0.1, -0.05) is 48.9 Å². The Bertz CT molecular complexity index is 1060. The van der Waals surface area contributed by atoms with Crippen molar-refractivity contribution in [3.05, 3.63) is 75.4 Å². The van der Waals surface area contributed by atoms with Crippen LogP contribution in [0.25, 0.3) is 0 Å². The van der Waals surface area contributed by atoms with Gasteiger partial charge in [0.15, 0.2) is 0 Å². The van der Waals surface area contributed by atoms with E-state index in [1.807, 2.05) is 54.6 Å². The molecule has 0 aliphatic heterocycles. The molecule has 4 rings (SSSR count). The van der Waals surface area contributed by atoms with E-state index in [9.17, 15) is 14.7 Å². The van der Waals surface area contributed by atoms with Crippen molar-refractivity contribution in [1.82, 2.24) is 10.2 Å². The van der Waals surface area contributed by atoms with Gasteiger partial charge in [0.05, 0.1) is 16.2 Å². The topological polar surface area (TPSA) is 99.1 Å². The fraction of sp³-hybridized carbons (Fsp3) is 0.407. The quantitative estimate of drug-likeness (QED) is 0.391. The molecule has 3 atom stereocenters. The molecule has 2 amide bonds. The maximum absolute atomic E-state index is 13.6. The van der Waals surface area contributed by atoms with E-state index in [0.717, 1.165) is 28.4 Å². The van der Waals surface area contributed by atoms with E-state index in [1.54, 1.807) is 11.0 Å². The van der Waals surface area contributed by atoms with E-state index in [1.165, 1.54) is 0 Å². The monoisotopic (exact) mass is 590 g/mol. The van der Waals surface area contributed by atoms with Crippen LogP contribution in [-0.2, 0) is 16.1 Å². The lowest BCUT2D eigenvalue weighted by atomic mass is 9.82. The molecule has 1 fully saturated rings. The van der Waals surface area contributed by atoms with Gasteiger partial charge in [0, 0.05) is 31.0 Å². The number of para-hydroxylation sites is 1. The van der Waals surface area contributed by atoms with Gasteiger partial charge >= 0.3 is 0 Å². The molecule has 3 N–H and O–H groups in total. The zero-order valence-corrected chi connectivity index (χ0v) is 21.6. The number of ether oxygens (including phenoxy) is 1. The fourth-order valence-electron chi connectivity index (χ4n) is 4.49. The first-order valence-corrected chi connectivity index (χ1v) is 13.1. The second kappa shape index (κ2) is 12.0. The highest BCUT2D eigenvalue weighted by Gasteiger charge is 2.42. The van der Waals surface area contributed by atoms with E-state index in [-0.39, 0.29) is 37.3 Å². The lowest BCUT2D eigenvalue weighted by Crippen LogP contribution is -2.56. The molecule has 2 aliphatic rings. The van der Waals surface area contributed by atoms with Crippen LogP contribution >= 0.6 is 22.6 Å². The molecule has 0 aromatic heterocycles. The molecule has 2 aliphatic carbocycles. The summed E-state index contributed by atoms with van der Waals surface area (Å²) in [5, 5.41) is 23.3. The molecule has 2 aromatic rings. The number of halogens is 1. The third kappa shape index (κ3) is 6.23. The number of aliphatic hydroxyl groups is 2. The summed E-state index contributed by atoms with van der Waals surface area (Å²) in [7, 11) is 0. The first kappa shape index (κ1) is 25.7. The van der Waals surface area contributed by atoms with Crippen LogP contribution in [0.3, 0.4) is 0 Å². The van der Waals surface area contributed by atoms with Crippen molar-refractivity contribution in [2.24, 2.45) is 5.92 Å². The van der Waals surface area contributed by atoms with Crippen LogP contribution in [0.2, 0.25) is 0 Å². The van der Waals surface area contributed by atoms with Crippen molar-refractivity contribution in [3.8, 4) is 5.75 Å². The number of aliphatic hydroxyl groups excluding tert-OH is 2. The standard InChI is InChI=1S/C27H31IN2O5/c28-21-11-4-5-12-23(21)35-24-16-20(26(33)29-13-14-31)15-22(25(24)32)30(27(34)19-9-6-10-19)17-18-7-2-1-3-8-18/h1-5,7-8,11-12,16,19,22,24-25,31-32H,6,9-10,13-15,17H2,(H,29,33)/t22-,24+,25+/m1/s1. The molecule has 0 bridgehead atoms. The molecular weight excluding hydrogens is 559 g/mol. The molecule has 35 heavy (non-hydrogen) atoms. The Morgan fingerprint density at radius 2 is 1.80 bits per heavy atom. The first-order valence-electron chi connectivity index (χ1n) is 12.0. The van der Waals surface area contributed by atoms with E-state index in [0.29, 0.717) is 17.9 Å². The largest absolute Gasteiger partial charge is 0.482 e. The van der Waals surface area contributed by atoms with Crippen LogP contribution in [0, 0.1) is 9.49 Å². The highest BCUT2D eigenvalue weighted by atomic mass is 127. The lowest BCUT2D eigenvalue weighted by molar-refractivity contribution is -0.146. The SMILES string of the molecule is O=C(NCCO)C1=C[C@H](Oc2ccccc2I)[C@@H](O)[C@H](N(Cc2ccccc2)C(=O)C2CCC2)C1. The van der Waals surface area contributed by atoms with Gasteiger partial charge in [-0.3, -0.25) is 9.59 Å². The van der Waals surface area contributed by atoms with Crippen molar-refractivity contribution in [2.45, 2.75) is 50.5 Å². The van der Waals surface area contributed by atoms with Crippen molar-refractivity contribution < 1.29 is 24.5 Å². The van der Waals surface area contributed by atoms with Gasteiger partial charge in [-0.25, -0.2) is 0 Å². The Morgan fingerprint density at radius 1 is 1.09 bits per heavy atom. The average Bonchev–Trinajstić information content (AvgIpc) is 2.83. The minimum absolute atomic E-state index is 0.00853. The summed E-state index contributed by atoms with van der Waals surface area (Å²) in [6.45, 7) is 0.298. The van der Waals surface area contributed by atoms with Gasteiger partial charge in [0.2, 0.25) is 11.8 Å². The van der Waals surface area contributed by atoms with Gasteiger partial charge in [0.1, 0.15) is 18.0 Å². The van der Waals surface area contributed by atoms with Crippen LogP contribution in [-0.4, -0.2) is 58.3 Å². The molecule has 8 heteroatoms. The summed E-state index contributed by atoms with van der Waals surface area (Å²) in [4.78, 5) is 28.2. The molecule has 0 radical (unpaired) electrons. The minimum Gasteiger partial charge on any atom is -0.482 e. The van der Waals surface area contributed by atoms with Gasteiger partial charge in [-0.05, 0) is 59.2 Å². The Morgan fingerprint density at radius 3 is 2.46 bits per heavy atom. The lowest BCUT2D eigenvalue weighted by Gasteiger charge is -2.43. The third-order valence-electron chi connectivity index (χ3n) is 6.65. The Kier molecular flexibility index (Phi) is 8.80. The van der Waals surface area contributed by atoms with E-state index < -0.39 is 18.2 Å². The number of carbonyl (C=O) groups excluding carboxylic acids is 2. The van der Waals surface area contributed by atoms with Crippen LogP contribution < -0.4 is 10.1 Å². The number of amides is 2. The minimum atomic E-state index is -1.02. The molecule has 7 nitrogen and oxygen atoms in total. The zero-order valence-electron chi connectivity index (χ0n) is 19.5. The molecule has 186 valence electrons. The summed E-state index contributed by atoms with van der Waals surface area (Å²) in [5.41, 5.74) is 1.40. The van der Waals surface area contributed by atoms with E-state index in [4.69, 9.17) is 9.84 Å². The van der Waals surface area contributed by atoms with Crippen molar-refractivity contribution in [2.75, 3.05) is 13.2 Å². The number of hydrogen-bond donors (Lipinski definition) is 3. The molecule has 0 heterocycles. The number of rotatable bonds is 9. The maximum Gasteiger partial charge on any atom is 0.247 e. The Hall–Kier alpha value is -2.43. The summed E-state index contributed by atoms with van der Waals surface area (Å²) in [6.07, 6.45) is 2.72. The zero-order chi connectivity index (χ0) is 24.8. The third-order valence-corrected chi connectivity index (χ3v) is 7.54. The van der Waals surface area contributed by atoms with Crippen molar-refractivity contribution >= 4 is 34.4 Å². The Labute approximate surface area is 219 Å². The van der Waals surface area contributed by atoms with Crippen LogP contribution in [0.5, 0.6) is 5.75 Å². The smallest absolute Gasteiger partial charge is 0.247 e. The predicted octanol–water partition coefficient (Wildman–Crippen LogP) is 3.04. The first-order chi connectivity index (χ1) is 17.0. The second-order valence-electron chi connectivity index (χ2n) is 9.03. The highest BCUT2D eigenvalue weighted by Crippen LogP contribution is 2.34. The molecular formula is C27H31IN2O5. The highest BCUT2D eigenvalue weighted by molar-refractivity contribution is 14.1. The maximum atomic E-state index is 13.6. The van der Waals surface area contributed by atoms with Gasteiger partial charge in [-0.15, -0.1) is 0 Å². The normalized spacial score (nSPS) is 22.0. The number of hydrogen-bond acceptors (Lipinski definition) is 5. The Balaban J connectivity index is 1.66. The second-order valence-corrected chi connectivity index (χ2v) is 10.2. The van der Waals surface area contributed by atoms with Gasteiger partial charge in [0.25, 0.3) is 0 Å². The fourth-order valence-corrected chi connectivity index (χ4v) is 5.01. The number of benzene rings is 2. The number of carbonyl (C=O) groups is 2. The average molecular weight is 590 g/mol. The van der Waals surface area contributed by atoms with E-state index >= 15 is 0 Å². The molecule has 0 saturated heterocycles. The summed E-state index contributed by atoms with van der Waals surface area (Å²) < 4.78 is 7.07. The van der Waals surface area contributed by atoms with Crippen LogP contribution in [0.4, 0.5) is 0 Å². The van der Waals surface area contributed by atoms with Crippen molar-refractivity contribution in [3.63, 3.8) is 0 Å². The van der Waals surface area contributed by atoms with Crippen LogP contribution in [0.15, 0.2) is 66.2 Å². The number of nitrogens with zero attached hydrogens (tertiary/aromatic N) is 1. The molecule has 1 saturated carbocycles. The van der Waals surface area contributed by atoms with Gasteiger partial charge in [-0.2, -0.15) is 0 Å². The van der Waals surface area contributed by atoms with E-state index in [2.05, 4.69) is 27.9 Å². The summed E-state index contributed by atoms with van der Waals surface area (Å²) in [6, 6.07) is 16.5. The van der Waals surface area contributed by atoms with Crippen LogP contribution in [0.1, 0.15) is 31.2 Å². The molecule has 2 aromatic carbocycles. The molecule has 0 spiro atoms.